The Hall–Kier alpha value is -2.42. The average Bonchev–Trinajstić information content (AvgIpc) is 2.63. The fourth-order valence-electron chi connectivity index (χ4n) is 2.65. The van der Waals surface area contributed by atoms with Crippen LogP contribution in [0.5, 0.6) is 0 Å². The van der Waals surface area contributed by atoms with E-state index in [1.807, 2.05) is 0 Å². The lowest BCUT2D eigenvalue weighted by atomic mass is 10.1. The Morgan fingerprint density at radius 3 is 2.75 bits per heavy atom. The van der Waals surface area contributed by atoms with Crippen LogP contribution < -0.4 is 10.0 Å². The number of anilines is 2. The second-order valence-corrected chi connectivity index (χ2v) is 7.59. The van der Waals surface area contributed by atoms with E-state index in [9.17, 15) is 18.1 Å². The van der Waals surface area contributed by atoms with Gasteiger partial charge in [0.25, 0.3) is 0 Å². The summed E-state index contributed by atoms with van der Waals surface area (Å²) < 4.78 is 42.9. The second-order valence-electron chi connectivity index (χ2n) is 6.03. The number of pyridine rings is 1. The molecule has 1 aromatic carbocycles. The topological polar surface area (TPSA) is 77.1 Å². The summed E-state index contributed by atoms with van der Waals surface area (Å²) in [6.07, 6.45) is 4.52. The highest BCUT2D eigenvalue weighted by Crippen LogP contribution is 2.35. The van der Waals surface area contributed by atoms with Crippen LogP contribution in [-0.4, -0.2) is 15.4 Å². The first-order chi connectivity index (χ1) is 13.3. The summed E-state index contributed by atoms with van der Waals surface area (Å²) in [5.41, 5.74) is 2.10. The van der Waals surface area contributed by atoms with Crippen molar-refractivity contribution in [2.24, 2.45) is 0 Å². The van der Waals surface area contributed by atoms with Crippen LogP contribution in [0.2, 0.25) is 5.02 Å². The molecule has 1 heterocycles. The first kappa shape index (κ1) is 20.3. The van der Waals surface area contributed by atoms with Crippen LogP contribution in [0.3, 0.4) is 0 Å². The van der Waals surface area contributed by atoms with Crippen LogP contribution in [-0.2, 0) is 16.2 Å². The van der Waals surface area contributed by atoms with Gasteiger partial charge >= 0.3 is 0 Å². The summed E-state index contributed by atoms with van der Waals surface area (Å²) in [7, 11) is 0. The number of hydrogen-bond acceptors (Lipinski definition) is 4. The van der Waals surface area contributed by atoms with E-state index in [0.717, 1.165) is 0 Å². The van der Waals surface area contributed by atoms with Crippen molar-refractivity contribution in [1.29, 1.82) is 0 Å². The third-order valence-corrected chi connectivity index (χ3v) is 5.42. The number of amides is 1. The molecule has 2 N–H and O–H groups in total. The third kappa shape index (κ3) is 4.70. The highest BCUT2D eigenvalue weighted by molar-refractivity contribution is 7.96. The van der Waals surface area contributed by atoms with Crippen LogP contribution in [0.15, 0.2) is 59.3 Å². The summed E-state index contributed by atoms with van der Waals surface area (Å²) in [4.78, 5) is 14.8. The van der Waals surface area contributed by atoms with Crippen LogP contribution in [0, 0.1) is 0 Å². The van der Waals surface area contributed by atoms with Crippen molar-refractivity contribution in [2.75, 3.05) is 10.0 Å². The van der Waals surface area contributed by atoms with Gasteiger partial charge in [-0.1, -0.05) is 17.7 Å². The van der Waals surface area contributed by atoms with E-state index < -0.39 is 27.9 Å². The minimum atomic E-state index is -2.15. The molecule has 1 amide bonds. The van der Waals surface area contributed by atoms with Crippen LogP contribution in [0.25, 0.3) is 11.1 Å². The molecular weight excluding hydrogens is 408 g/mol. The van der Waals surface area contributed by atoms with E-state index in [4.69, 9.17) is 11.6 Å². The van der Waals surface area contributed by atoms with Crippen molar-refractivity contribution in [3.8, 4) is 11.1 Å². The standard InChI is InChI=1S/C19H16ClF2N3O2S/c1-11(26)24-14-7-13(9-23-10-14)12-5-6-15(20)18(8-12)25-28(27)19-16(21)3-2-4-17(19)22/h3,5-10,25H,2,4H2,1H3,(H,24,26). The molecule has 1 aliphatic carbocycles. The number of rotatable bonds is 5. The van der Waals surface area contributed by atoms with Gasteiger partial charge in [-0.05, 0) is 36.3 Å². The monoisotopic (exact) mass is 423 g/mol. The third-order valence-electron chi connectivity index (χ3n) is 3.90. The quantitative estimate of drug-likeness (QED) is 0.643. The zero-order valence-corrected chi connectivity index (χ0v) is 16.3. The summed E-state index contributed by atoms with van der Waals surface area (Å²) in [5, 5.41) is 2.88. The van der Waals surface area contributed by atoms with Gasteiger partial charge in [0.2, 0.25) is 10.8 Å². The first-order valence-electron chi connectivity index (χ1n) is 8.31. The van der Waals surface area contributed by atoms with E-state index in [2.05, 4.69) is 15.0 Å². The SMILES string of the molecule is CC(=O)Nc1cncc(-c2ccc(Cl)c(N[S+]([O-])C3=C(F)CCC=C3F)c2)c1. The van der Waals surface area contributed by atoms with E-state index in [1.165, 1.54) is 19.2 Å². The molecule has 28 heavy (non-hydrogen) atoms. The number of carbonyl (C=O) groups is 1. The lowest BCUT2D eigenvalue weighted by molar-refractivity contribution is -0.114. The normalized spacial score (nSPS) is 15.1. The van der Waals surface area contributed by atoms with Gasteiger partial charge < -0.3 is 9.87 Å². The predicted molar refractivity (Wildman–Crippen MR) is 107 cm³/mol. The largest absolute Gasteiger partial charge is 0.588 e. The predicted octanol–water partition coefficient (Wildman–Crippen LogP) is 5.26. The molecule has 5 nitrogen and oxygen atoms in total. The number of halogens is 3. The summed E-state index contributed by atoms with van der Waals surface area (Å²) in [6.45, 7) is 1.39. The Bertz CT molecular complexity index is 981. The molecule has 9 heteroatoms. The van der Waals surface area contributed by atoms with Gasteiger partial charge in [-0.2, -0.15) is 0 Å². The van der Waals surface area contributed by atoms with Gasteiger partial charge in [-0.3, -0.25) is 9.78 Å². The number of hydrogen-bond donors (Lipinski definition) is 2. The molecular formula is C19H16ClF2N3O2S. The summed E-state index contributed by atoms with van der Waals surface area (Å²) in [5.74, 6) is -1.81. The smallest absolute Gasteiger partial charge is 0.246 e. The Kier molecular flexibility index (Phi) is 6.33. The molecule has 0 saturated heterocycles. The highest BCUT2D eigenvalue weighted by Gasteiger charge is 2.29. The molecule has 0 fully saturated rings. The van der Waals surface area contributed by atoms with E-state index in [-0.39, 0.29) is 29.5 Å². The van der Waals surface area contributed by atoms with E-state index >= 15 is 0 Å². The molecule has 0 saturated carbocycles. The fourth-order valence-corrected chi connectivity index (χ4v) is 3.91. The van der Waals surface area contributed by atoms with Gasteiger partial charge in [0.15, 0.2) is 11.7 Å². The highest BCUT2D eigenvalue weighted by atomic mass is 35.5. The number of allylic oxidation sites excluding steroid dienone is 3. The minimum absolute atomic E-state index is 0.00551. The Labute approximate surface area is 168 Å². The molecule has 1 aliphatic rings. The van der Waals surface area contributed by atoms with E-state index in [0.29, 0.717) is 16.8 Å². The maximum atomic E-state index is 13.9. The summed E-state index contributed by atoms with van der Waals surface area (Å²) >= 11 is 4.00. The lowest BCUT2D eigenvalue weighted by Crippen LogP contribution is -2.18. The maximum Gasteiger partial charge on any atom is 0.246 e. The molecule has 146 valence electrons. The van der Waals surface area contributed by atoms with Crippen molar-refractivity contribution in [2.45, 2.75) is 19.8 Å². The second kappa shape index (κ2) is 8.72. The molecule has 3 rings (SSSR count). The van der Waals surface area contributed by atoms with Crippen molar-refractivity contribution < 1.29 is 18.1 Å². The Balaban J connectivity index is 1.88. The maximum absolute atomic E-state index is 13.9. The molecule has 0 spiro atoms. The lowest BCUT2D eigenvalue weighted by Gasteiger charge is -2.17. The molecule has 2 aromatic rings. The Morgan fingerprint density at radius 2 is 2.04 bits per heavy atom. The van der Waals surface area contributed by atoms with Gasteiger partial charge in [0.05, 0.1) is 16.9 Å². The van der Waals surface area contributed by atoms with Gasteiger partial charge in [-0.25, -0.2) is 13.5 Å². The van der Waals surface area contributed by atoms with Gasteiger partial charge in [0.1, 0.15) is 17.0 Å². The number of nitrogens with one attached hydrogen (secondary N) is 2. The minimum Gasteiger partial charge on any atom is -0.588 e. The van der Waals surface area contributed by atoms with Gasteiger partial charge in [0, 0.05) is 25.1 Å². The van der Waals surface area contributed by atoms with Crippen LogP contribution >= 0.6 is 11.6 Å². The van der Waals surface area contributed by atoms with E-state index in [1.54, 1.807) is 30.5 Å². The number of nitrogens with zero attached hydrogens (tertiary/aromatic N) is 1. The van der Waals surface area contributed by atoms with Crippen molar-refractivity contribution in [3.63, 3.8) is 0 Å². The Morgan fingerprint density at radius 1 is 1.25 bits per heavy atom. The van der Waals surface area contributed by atoms with Crippen LogP contribution in [0.1, 0.15) is 19.8 Å². The number of aromatic nitrogens is 1. The van der Waals surface area contributed by atoms with Crippen molar-refractivity contribution in [3.05, 3.63) is 64.3 Å². The molecule has 0 bridgehead atoms. The van der Waals surface area contributed by atoms with Crippen molar-refractivity contribution in [1.82, 2.24) is 4.98 Å². The molecule has 0 aliphatic heterocycles. The molecule has 0 radical (unpaired) electrons. The van der Waals surface area contributed by atoms with Gasteiger partial charge in [-0.15, -0.1) is 0 Å². The molecule has 1 unspecified atom stereocenters. The fraction of sp³-hybridized carbons (Fsp3) is 0.158. The zero-order chi connectivity index (χ0) is 20.3. The number of carbonyl (C=O) groups excluding carboxylic acids is 1. The zero-order valence-electron chi connectivity index (χ0n) is 14.8. The first-order valence-corrected chi connectivity index (χ1v) is 9.83. The number of benzene rings is 1. The molecule has 1 atom stereocenters. The van der Waals surface area contributed by atoms with Crippen molar-refractivity contribution >= 4 is 40.2 Å². The average molecular weight is 424 g/mol. The summed E-state index contributed by atoms with van der Waals surface area (Å²) in [6, 6.07) is 6.59. The molecule has 1 aromatic heterocycles. The van der Waals surface area contributed by atoms with Crippen LogP contribution in [0.4, 0.5) is 20.2 Å².